The van der Waals surface area contributed by atoms with Crippen LogP contribution in [0.5, 0.6) is 5.75 Å². The van der Waals surface area contributed by atoms with Gasteiger partial charge in [-0.25, -0.2) is 13.8 Å². The van der Waals surface area contributed by atoms with Gasteiger partial charge in [0.2, 0.25) is 0 Å². The molecule has 3 heterocycles. The highest BCUT2D eigenvalue weighted by Crippen LogP contribution is 2.45. The van der Waals surface area contributed by atoms with Crippen molar-refractivity contribution in [3.63, 3.8) is 0 Å². The highest BCUT2D eigenvalue weighted by molar-refractivity contribution is 6.42. The van der Waals surface area contributed by atoms with E-state index in [1.165, 1.54) is 35.5 Å². The lowest BCUT2D eigenvalue weighted by molar-refractivity contribution is 0.163. The maximum absolute atomic E-state index is 15.5. The van der Waals surface area contributed by atoms with Gasteiger partial charge in [0.25, 0.3) is 0 Å². The van der Waals surface area contributed by atoms with Crippen molar-refractivity contribution in [2.45, 2.75) is 25.1 Å². The smallest absolute Gasteiger partial charge is 0.167 e. The molecule has 4 aromatic rings. The number of halogens is 6. The predicted octanol–water partition coefficient (Wildman–Crippen LogP) is 8.40. The second-order valence-corrected chi connectivity index (χ2v) is 11.6. The lowest BCUT2D eigenvalue weighted by atomic mass is 9.99. The molecule has 0 bridgehead atoms. The molecule has 1 atom stereocenters. The third-order valence-corrected chi connectivity index (χ3v) is 8.80. The molecule has 1 saturated heterocycles. The van der Waals surface area contributed by atoms with E-state index in [4.69, 9.17) is 51.1 Å². The third kappa shape index (κ3) is 5.52. The molecule has 0 amide bonds. The molecule has 0 spiro atoms. The molecule has 7 nitrogen and oxygen atoms in total. The number of hydrogen-bond acceptors (Lipinski definition) is 6. The van der Waals surface area contributed by atoms with Gasteiger partial charge in [0.1, 0.15) is 18.0 Å². The number of aryl methyl sites for hydroxylation is 1. The van der Waals surface area contributed by atoms with E-state index in [1.54, 1.807) is 10.9 Å². The van der Waals surface area contributed by atoms with Gasteiger partial charge in [-0.1, -0.05) is 46.4 Å². The molecule has 3 aromatic carbocycles. The van der Waals surface area contributed by atoms with Gasteiger partial charge in [-0.05, 0) is 62.3 Å². The molecule has 1 unspecified atom stereocenters. The first-order chi connectivity index (χ1) is 20.2. The van der Waals surface area contributed by atoms with E-state index in [9.17, 15) is 0 Å². The fourth-order valence-corrected chi connectivity index (χ4v) is 5.70. The highest BCUT2D eigenvalue weighted by atomic mass is 35.5. The van der Waals surface area contributed by atoms with Crippen LogP contribution < -0.4 is 20.3 Å². The fraction of sp³-hybridized carbons (Fsp3) is 0.241. The Kier molecular flexibility index (Phi) is 8.22. The van der Waals surface area contributed by atoms with Crippen molar-refractivity contribution in [3.8, 4) is 16.9 Å². The van der Waals surface area contributed by atoms with Gasteiger partial charge < -0.3 is 20.3 Å². The summed E-state index contributed by atoms with van der Waals surface area (Å²) in [4.78, 5) is 6.17. The molecule has 0 aliphatic carbocycles. The molecule has 2 aliphatic rings. The zero-order valence-electron chi connectivity index (χ0n) is 22.1. The summed E-state index contributed by atoms with van der Waals surface area (Å²) in [5.74, 6) is -0.902. The van der Waals surface area contributed by atoms with Crippen LogP contribution in [-0.2, 0) is 7.05 Å². The van der Waals surface area contributed by atoms with E-state index in [2.05, 4.69) is 20.7 Å². The lowest BCUT2D eigenvalue weighted by Gasteiger charge is -2.36. The third-order valence-electron chi connectivity index (χ3n) is 7.24. The standard InChI is InChI=1S/C29H24Cl4F2N6O/c1-40-13-15(12-38-40)17-10-22-18(11-24(17)42-16-6-8-36-9-7-16)29(39-21-4-2-19(30)25(32)27(21)34)41(14-37-22)23-5-3-20(31)26(33)28(23)35/h2-5,10-14,16,29,36,39H,6-9H2,1H3. The van der Waals surface area contributed by atoms with Gasteiger partial charge in [-0.15, -0.1) is 0 Å². The molecule has 2 N–H and O–H groups in total. The quantitative estimate of drug-likeness (QED) is 0.205. The van der Waals surface area contributed by atoms with Gasteiger partial charge >= 0.3 is 0 Å². The van der Waals surface area contributed by atoms with Crippen LogP contribution in [0.3, 0.4) is 0 Å². The van der Waals surface area contributed by atoms with Crippen LogP contribution in [0, 0.1) is 11.6 Å². The zero-order valence-corrected chi connectivity index (χ0v) is 25.2. The van der Waals surface area contributed by atoms with Crippen LogP contribution in [0.4, 0.5) is 25.8 Å². The second-order valence-electron chi connectivity index (χ2n) is 9.99. The van der Waals surface area contributed by atoms with Crippen molar-refractivity contribution in [1.29, 1.82) is 0 Å². The number of nitrogens with zero attached hydrogens (tertiary/aromatic N) is 4. The van der Waals surface area contributed by atoms with E-state index in [-0.39, 0.29) is 37.6 Å². The maximum atomic E-state index is 15.5. The summed E-state index contributed by atoms with van der Waals surface area (Å²) in [5, 5.41) is 10.5. The van der Waals surface area contributed by atoms with Crippen LogP contribution in [0.25, 0.3) is 11.1 Å². The number of piperidine rings is 1. The van der Waals surface area contributed by atoms with Gasteiger partial charge in [-0.3, -0.25) is 4.68 Å². The number of aliphatic imine (C=N–C) groups is 1. The van der Waals surface area contributed by atoms with Crippen LogP contribution in [-0.4, -0.2) is 35.3 Å². The van der Waals surface area contributed by atoms with Crippen molar-refractivity contribution < 1.29 is 13.5 Å². The van der Waals surface area contributed by atoms with Crippen molar-refractivity contribution in [1.82, 2.24) is 15.1 Å². The molecule has 0 saturated carbocycles. The number of benzene rings is 3. The van der Waals surface area contributed by atoms with E-state index in [1.807, 2.05) is 25.4 Å². The molecule has 2 aliphatic heterocycles. The number of fused-ring (bicyclic) bond motifs is 1. The summed E-state index contributed by atoms with van der Waals surface area (Å²) in [5.41, 5.74) is 2.95. The highest BCUT2D eigenvalue weighted by Gasteiger charge is 2.32. The minimum Gasteiger partial charge on any atom is -0.490 e. The van der Waals surface area contributed by atoms with Crippen LogP contribution in [0.15, 0.2) is 53.8 Å². The second kappa shape index (κ2) is 11.9. The first-order valence-electron chi connectivity index (χ1n) is 13.1. The zero-order chi connectivity index (χ0) is 29.5. The average Bonchev–Trinajstić information content (AvgIpc) is 3.43. The number of hydrogen-bond donors (Lipinski definition) is 2. The van der Waals surface area contributed by atoms with E-state index in [0.29, 0.717) is 17.0 Å². The minimum atomic E-state index is -0.866. The SMILES string of the molecule is Cn1cc(-c2cc3c(cc2OC2CCNCC2)C(Nc2ccc(Cl)c(Cl)c2F)N(c2ccc(Cl)c(Cl)c2F)C=N3)cn1. The number of aromatic nitrogens is 2. The van der Waals surface area contributed by atoms with Crippen LogP contribution in [0.2, 0.25) is 20.1 Å². The van der Waals surface area contributed by atoms with Crippen molar-refractivity contribution in [3.05, 3.63) is 86.1 Å². The molecule has 218 valence electrons. The summed E-state index contributed by atoms with van der Waals surface area (Å²) >= 11 is 24.4. The molecule has 42 heavy (non-hydrogen) atoms. The summed E-state index contributed by atoms with van der Waals surface area (Å²) in [6.45, 7) is 1.68. The van der Waals surface area contributed by atoms with E-state index < -0.39 is 17.8 Å². The molecule has 1 aromatic heterocycles. The molecule has 1 fully saturated rings. The topological polar surface area (TPSA) is 66.7 Å². The Labute approximate surface area is 261 Å². The Hall–Kier alpha value is -3.08. The minimum absolute atomic E-state index is 0.0191. The largest absolute Gasteiger partial charge is 0.490 e. The Bertz CT molecular complexity index is 1690. The van der Waals surface area contributed by atoms with Gasteiger partial charge in [0, 0.05) is 29.9 Å². The van der Waals surface area contributed by atoms with Gasteiger partial charge in [0.15, 0.2) is 11.6 Å². The van der Waals surface area contributed by atoms with E-state index in [0.717, 1.165) is 37.1 Å². The predicted molar refractivity (Wildman–Crippen MR) is 165 cm³/mol. The summed E-state index contributed by atoms with van der Waals surface area (Å²) in [7, 11) is 1.84. The molecule has 0 radical (unpaired) electrons. The Morgan fingerprint density at radius 2 is 1.69 bits per heavy atom. The molecular formula is C29H24Cl4F2N6O. The summed E-state index contributed by atoms with van der Waals surface area (Å²) in [6, 6.07) is 9.66. The summed E-state index contributed by atoms with van der Waals surface area (Å²) < 4.78 is 39.1. The van der Waals surface area contributed by atoms with E-state index >= 15 is 8.78 Å². The van der Waals surface area contributed by atoms with Crippen molar-refractivity contribution in [2.24, 2.45) is 12.0 Å². The monoisotopic (exact) mass is 650 g/mol. The summed E-state index contributed by atoms with van der Waals surface area (Å²) in [6.07, 6.45) is 5.88. The normalized spacial score (nSPS) is 16.9. The maximum Gasteiger partial charge on any atom is 0.167 e. The Morgan fingerprint density at radius 1 is 0.976 bits per heavy atom. The first-order valence-corrected chi connectivity index (χ1v) is 14.6. The molecular weight excluding hydrogens is 628 g/mol. The first kappa shape index (κ1) is 29.0. The van der Waals surface area contributed by atoms with Crippen molar-refractivity contribution >= 4 is 69.8 Å². The molecule has 13 heteroatoms. The number of ether oxygens (including phenoxy) is 1. The fourth-order valence-electron chi connectivity index (χ4n) is 5.08. The molecule has 6 rings (SSSR count). The Morgan fingerprint density at radius 3 is 2.40 bits per heavy atom. The number of nitrogens with one attached hydrogen (secondary N) is 2. The van der Waals surface area contributed by atoms with Crippen LogP contribution in [0.1, 0.15) is 24.6 Å². The van der Waals surface area contributed by atoms with Gasteiger partial charge in [0.05, 0.1) is 49.7 Å². The number of anilines is 2. The van der Waals surface area contributed by atoms with Gasteiger partial charge in [-0.2, -0.15) is 5.10 Å². The number of rotatable bonds is 6. The van der Waals surface area contributed by atoms with Crippen LogP contribution >= 0.6 is 46.4 Å². The van der Waals surface area contributed by atoms with Crippen molar-refractivity contribution in [2.75, 3.05) is 23.3 Å². The lowest BCUT2D eigenvalue weighted by Crippen LogP contribution is -2.36. The Balaban J connectivity index is 1.51. The average molecular weight is 652 g/mol.